The number of piperidine rings is 1. The van der Waals surface area contributed by atoms with Gasteiger partial charge >= 0.3 is 6.01 Å². The topological polar surface area (TPSA) is 73.1 Å². The van der Waals surface area contributed by atoms with Crippen molar-refractivity contribution >= 4 is 5.91 Å². The van der Waals surface area contributed by atoms with Crippen LogP contribution in [0.4, 0.5) is 0 Å². The van der Waals surface area contributed by atoms with Gasteiger partial charge in [0, 0.05) is 43.4 Å². The molecule has 4 rings (SSSR count). The van der Waals surface area contributed by atoms with E-state index in [1.807, 2.05) is 39.9 Å². The summed E-state index contributed by atoms with van der Waals surface area (Å²) in [6.07, 6.45) is 11.7. The van der Waals surface area contributed by atoms with Crippen molar-refractivity contribution in [1.82, 2.24) is 24.4 Å². The summed E-state index contributed by atoms with van der Waals surface area (Å²) >= 11 is 0. The minimum absolute atomic E-state index is 0.0368. The molecule has 1 aliphatic heterocycles. The monoisotopic (exact) mass is 391 g/mol. The minimum atomic E-state index is -0.0827. The molecule has 1 amide bonds. The Morgan fingerprint density at radius 1 is 1.17 bits per heavy atom. The average molecular weight is 391 g/mol. The van der Waals surface area contributed by atoms with E-state index >= 15 is 0 Å². The number of ether oxygens (including phenoxy) is 1. The van der Waals surface area contributed by atoms with E-state index in [2.05, 4.69) is 21.9 Å². The van der Waals surface area contributed by atoms with Gasteiger partial charge in [0.25, 0.3) is 5.91 Å². The first-order chi connectivity index (χ1) is 14.2. The van der Waals surface area contributed by atoms with E-state index in [0.29, 0.717) is 18.1 Å². The zero-order valence-electron chi connectivity index (χ0n) is 16.6. The molecule has 3 aromatic rings. The van der Waals surface area contributed by atoms with Gasteiger partial charge in [-0.05, 0) is 42.5 Å². The second kappa shape index (κ2) is 8.86. The molecule has 1 saturated heterocycles. The molecular weight excluding hydrogens is 366 g/mol. The van der Waals surface area contributed by atoms with Crippen molar-refractivity contribution in [3.8, 4) is 6.01 Å². The standard InChI is InChI=1S/C22H25N5O2/c1-2-17-12-24-22(25-13-17)29-20-4-3-10-27(15-20)21(28)19-7-5-18(6-8-19)14-26-11-9-23-16-26/h5-9,11-13,16,20H,2-4,10,14-15H2,1H3. The van der Waals surface area contributed by atoms with Crippen LogP contribution in [0.5, 0.6) is 6.01 Å². The summed E-state index contributed by atoms with van der Waals surface area (Å²) in [6, 6.07) is 8.16. The molecule has 1 aromatic carbocycles. The molecule has 7 nitrogen and oxygen atoms in total. The van der Waals surface area contributed by atoms with Gasteiger partial charge in [-0.15, -0.1) is 0 Å². The normalized spacial score (nSPS) is 16.6. The molecule has 0 spiro atoms. The molecule has 0 radical (unpaired) electrons. The number of amides is 1. The molecule has 29 heavy (non-hydrogen) atoms. The Morgan fingerprint density at radius 2 is 1.97 bits per heavy atom. The van der Waals surface area contributed by atoms with Gasteiger partial charge in [0.1, 0.15) is 6.10 Å². The van der Waals surface area contributed by atoms with Crippen molar-refractivity contribution in [2.75, 3.05) is 13.1 Å². The zero-order valence-corrected chi connectivity index (χ0v) is 16.6. The maximum atomic E-state index is 12.9. The first-order valence-corrected chi connectivity index (χ1v) is 10.0. The molecule has 1 unspecified atom stereocenters. The molecule has 0 bridgehead atoms. The molecule has 1 aliphatic rings. The SMILES string of the molecule is CCc1cnc(OC2CCCN(C(=O)c3ccc(Cn4ccnc4)cc3)C2)nc1. The third kappa shape index (κ3) is 4.80. The summed E-state index contributed by atoms with van der Waals surface area (Å²) in [7, 11) is 0. The molecule has 0 saturated carbocycles. The van der Waals surface area contributed by atoms with Crippen molar-refractivity contribution < 1.29 is 9.53 Å². The number of carbonyl (C=O) groups is 1. The quantitative estimate of drug-likeness (QED) is 0.646. The smallest absolute Gasteiger partial charge is 0.316 e. The Hall–Kier alpha value is -3.22. The fourth-order valence-corrected chi connectivity index (χ4v) is 3.48. The van der Waals surface area contributed by atoms with E-state index in [1.54, 1.807) is 24.9 Å². The summed E-state index contributed by atoms with van der Waals surface area (Å²) in [5, 5.41) is 0. The summed E-state index contributed by atoms with van der Waals surface area (Å²) < 4.78 is 7.92. The number of hydrogen-bond acceptors (Lipinski definition) is 5. The average Bonchev–Trinajstić information content (AvgIpc) is 3.28. The lowest BCUT2D eigenvalue weighted by atomic mass is 10.1. The van der Waals surface area contributed by atoms with Gasteiger partial charge in [-0.1, -0.05) is 19.1 Å². The molecule has 0 aliphatic carbocycles. The molecule has 0 N–H and O–H groups in total. The van der Waals surface area contributed by atoms with Crippen molar-refractivity contribution in [1.29, 1.82) is 0 Å². The summed E-state index contributed by atoms with van der Waals surface area (Å²) in [5.74, 6) is 0.0368. The van der Waals surface area contributed by atoms with Crippen LogP contribution < -0.4 is 4.74 Å². The Kier molecular flexibility index (Phi) is 5.84. The summed E-state index contributed by atoms with van der Waals surface area (Å²) in [6.45, 7) is 4.10. The van der Waals surface area contributed by atoms with Crippen LogP contribution in [-0.2, 0) is 13.0 Å². The highest BCUT2D eigenvalue weighted by Crippen LogP contribution is 2.18. The molecular formula is C22H25N5O2. The largest absolute Gasteiger partial charge is 0.458 e. The number of nitrogens with zero attached hydrogens (tertiary/aromatic N) is 5. The Labute approximate surface area is 170 Å². The van der Waals surface area contributed by atoms with Crippen molar-refractivity contribution in [2.45, 2.75) is 38.8 Å². The Morgan fingerprint density at radius 3 is 2.66 bits per heavy atom. The van der Waals surface area contributed by atoms with Crippen LogP contribution in [-0.4, -0.2) is 49.5 Å². The number of likely N-dealkylation sites (tertiary alicyclic amines) is 1. The van der Waals surface area contributed by atoms with Crippen LogP contribution in [0.15, 0.2) is 55.4 Å². The number of carbonyl (C=O) groups excluding carboxylic acids is 1. The van der Waals surface area contributed by atoms with Gasteiger partial charge in [0.2, 0.25) is 0 Å². The first-order valence-electron chi connectivity index (χ1n) is 10.0. The maximum absolute atomic E-state index is 12.9. The van der Waals surface area contributed by atoms with E-state index in [9.17, 15) is 4.79 Å². The van der Waals surface area contributed by atoms with Crippen LogP contribution in [0.2, 0.25) is 0 Å². The molecule has 1 fully saturated rings. The van der Waals surface area contributed by atoms with Gasteiger partial charge in [0.05, 0.1) is 12.9 Å². The summed E-state index contributed by atoms with van der Waals surface area (Å²) in [4.78, 5) is 27.4. The highest BCUT2D eigenvalue weighted by Gasteiger charge is 2.26. The number of hydrogen-bond donors (Lipinski definition) is 0. The van der Waals surface area contributed by atoms with E-state index < -0.39 is 0 Å². The first kappa shape index (κ1) is 19.1. The third-order valence-corrected chi connectivity index (χ3v) is 5.15. The molecule has 2 aromatic heterocycles. The van der Waals surface area contributed by atoms with Crippen molar-refractivity contribution in [3.05, 3.63) is 72.1 Å². The second-order valence-electron chi connectivity index (χ2n) is 7.29. The van der Waals surface area contributed by atoms with Crippen LogP contribution in [0.3, 0.4) is 0 Å². The predicted molar refractivity (Wildman–Crippen MR) is 109 cm³/mol. The highest BCUT2D eigenvalue weighted by molar-refractivity contribution is 5.94. The van der Waals surface area contributed by atoms with Crippen molar-refractivity contribution in [3.63, 3.8) is 0 Å². The van der Waals surface area contributed by atoms with Gasteiger partial charge in [-0.25, -0.2) is 15.0 Å². The lowest BCUT2D eigenvalue weighted by Gasteiger charge is -2.32. The third-order valence-electron chi connectivity index (χ3n) is 5.15. The minimum Gasteiger partial charge on any atom is -0.458 e. The van der Waals surface area contributed by atoms with Crippen LogP contribution in [0, 0.1) is 0 Å². The van der Waals surface area contributed by atoms with Gasteiger partial charge in [-0.2, -0.15) is 0 Å². The summed E-state index contributed by atoms with van der Waals surface area (Å²) in [5.41, 5.74) is 2.91. The second-order valence-corrected chi connectivity index (χ2v) is 7.29. The number of benzene rings is 1. The van der Waals surface area contributed by atoms with Crippen LogP contribution in [0.1, 0.15) is 41.3 Å². The number of aryl methyl sites for hydroxylation is 1. The van der Waals surface area contributed by atoms with Gasteiger partial charge < -0.3 is 14.2 Å². The molecule has 7 heteroatoms. The van der Waals surface area contributed by atoms with Gasteiger partial charge in [0.15, 0.2) is 0 Å². The molecule has 3 heterocycles. The van der Waals surface area contributed by atoms with Crippen LogP contribution >= 0.6 is 0 Å². The van der Waals surface area contributed by atoms with E-state index in [-0.39, 0.29) is 12.0 Å². The maximum Gasteiger partial charge on any atom is 0.316 e. The fraction of sp³-hybridized carbons (Fsp3) is 0.364. The number of aromatic nitrogens is 4. The molecule has 150 valence electrons. The lowest BCUT2D eigenvalue weighted by Crippen LogP contribution is -2.44. The number of rotatable bonds is 6. The highest BCUT2D eigenvalue weighted by atomic mass is 16.5. The molecule has 1 atom stereocenters. The fourth-order valence-electron chi connectivity index (χ4n) is 3.48. The van der Waals surface area contributed by atoms with Crippen molar-refractivity contribution in [2.24, 2.45) is 0 Å². The van der Waals surface area contributed by atoms with E-state index in [4.69, 9.17) is 4.74 Å². The van der Waals surface area contributed by atoms with E-state index in [0.717, 1.165) is 43.5 Å². The number of imidazole rings is 1. The zero-order chi connectivity index (χ0) is 20.1. The Balaban J connectivity index is 1.36. The van der Waals surface area contributed by atoms with Gasteiger partial charge in [-0.3, -0.25) is 4.79 Å². The predicted octanol–water partition coefficient (Wildman–Crippen LogP) is 2.97. The Bertz CT molecular complexity index is 923. The lowest BCUT2D eigenvalue weighted by molar-refractivity contribution is 0.0515. The van der Waals surface area contributed by atoms with Crippen LogP contribution in [0.25, 0.3) is 0 Å². The van der Waals surface area contributed by atoms with E-state index in [1.165, 1.54) is 0 Å².